The maximum Gasteiger partial charge on any atom is 0.339 e. The molecule has 0 saturated carbocycles. The zero-order valence-corrected chi connectivity index (χ0v) is 15.3. The van der Waals surface area contributed by atoms with Crippen LogP contribution in [0.4, 0.5) is 11.4 Å². The smallest absolute Gasteiger partial charge is 0.339 e. The van der Waals surface area contributed by atoms with Crippen molar-refractivity contribution in [2.75, 3.05) is 6.61 Å². The molecule has 0 unspecified atom stereocenters. The van der Waals surface area contributed by atoms with E-state index < -0.39 is 75.9 Å². The Morgan fingerprint density at radius 3 is 2.31 bits per heavy atom. The van der Waals surface area contributed by atoms with Crippen molar-refractivity contribution < 1.29 is 43.8 Å². The van der Waals surface area contributed by atoms with Gasteiger partial charge in [-0.25, -0.2) is 4.79 Å². The highest BCUT2D eigenvalue weighted by atomic mass is 16.8. The number of esters is 1. The summed E-state index contributed by atoms with van der Waals surface area (Å²) >= 11 is 0. The number of fused-ring (bicyclic) bond motifs is 1. The lowest BCUT2D eigenvalue weighted by atomic mass is 10.1. The van der Waals surface area contributed by atoms with Crippen molar-refractivity contribution >= 4 is 17.3 Å². The van der Waals surface area contributed by atoms with Crippen LogP contribution in [0.3, 0.4) is 0 Å². The maximum atomic E-state index is 12.6. The second-order valence-electron chi connectivity index (χ2n) is 6.94. The molecule has 2 fully saturated rings. The molecule has 1 aromatic carbocycles. The van der Waals surface area contributed by atoms with Gasteiger partial charge in [0.2, 0.25) is 0 Å². The second kappa shape index (κ2) is 7.61. The summed E-state index contributed by atoms with van der Waals surface area (Å²) in [6, 6.07) is 2.37. The predicted octanol–water partition coefficient (Wildman–Crippen LogP) is 0.258. The van der Waals surface area contributed by atoms with E-state index in [2.05, 4.69) is 0 Å². The van der Waals surface area contributed by atoms with E-state index in [1.165, 1.54) is 0 Å². The van der Waals surface area contributed by atoms with Gasteiger partial charge in [0.25, 0.3) is 11.4 Å². The van der Waals surface area contributed by atoms with E-state index in [1.54, 1.807) is 13.8 Å². The molecule has 2 aliphatic heterocycles. The fourth-order valence-corrected chi connectivity index (χ4v) is 3.17. The van der Waals surface area contributed by atoms with Crippen LogP contribution in [-0.4, -0.2) is 69.1 Å². The van der Waals surface area contributed by atoms with E-state index in [-0.39, 0.29) is 0 Å². The molecule has 2 aliphatic rings. The van der Waals surface area contributed by atoms with Gasteiger partial charge in [0.1, 0.15) is 12.2 Å². The van der Waals surface area contributed by atoms with Crippen LogP contribution in [0.15, 0.2) is 18.2 Å². The normalized spacial score (nSPS) is 28.6. The van der Waals surface area contributed by atoms with Crippen molar-refractivity contribution in [3.05, 3.63) is 44.0 Å². The molecule has 0 amide bonds. The number of non-ortho nitro benzene ring substituents is 2. The minimum Gasteiger partial charge on any atom is -0.453 e. The number of carbonyl (C=O) groups is 1. The summed E-state index contributed by atoms with van der Waals surface area (Å²) in [6.45, 7) is 2.48. The minimum atomic E-state index is -1.44. The van der Waals surface area contributed by atoms with E-state index in [0.29, 0.717) is 6.07 Å². The minimum absolute atomic E-state index is 0.440. The van der Waals surface area contributed by atoms with Crippen molar-refractivity contribution in [3.8, 4) is 0 Å². The van der Waals surface area contributed by atoms with Crippen LogP contribution >= 0.6 is 0 Å². The molecule has 2 heterocycles. The Morgan fingerprint density at radius 1 is 1.21 bits per heavy atom. The topological polar surface area (TPSA) is 181 Å². The van der Waals surface area contributed by atoms with Crippen molar-refractivity contribution in [1.29, 1.82) is 0 Å². The van der Waals surface area contributed by atoms with Gasteiger partial charge in [-0.1, -0.05) is 0 Å². The largest absolute Gasteiger partial charge is 0.453 e. The third kappa shape index (κ3) is 4.18. The third-order valence-corrected chi connectivity index (χ3v) is 4.40. The molecule has 5 atom stereocenters. The van der Waals surface area contributed by atoms with E-state index >= 15 is 0 Å². The molecule has 3 rings (SSSR count). The van der Waals surface area contributed by atoms with Crippen molar-refractivity contribution in [2.45, 2.75) is 50.3 Å². The molecule has 0 bridgehead atoms. The van der Waals surface area contributed by atoms with Gasteiger partial charge in [0.05, 0.1) is 28.1 Å². The number of aliphatic hydroxyl groups excluding tert-OH is 2. The average molecular weight is 414 g/mol. The number of ether oxygens (including phenoxy) is 4. The molecule has 13 nitrogen and oxygen atoms in total. The molecule has 2 N–H and O–H groups in total. The highest BCUT2D eigenvalue weighted by molar-refractivity contribution is 5.91. The predicted molar refractivity (Wildman–Crippen MR) is 90.7 cm³/mol. The second-order valence-corrected chi connectivity index (χ2v) is 6.94. The van der Waals surface area contributed by atoms with E-state index in [4.69, 9.17) is 18.9 Å². The Morgan fingerprint density at radius 2 is 1.79 bits per heavy atom. The molecular formula is C16H18N2O11. The van der Waals surface area contributed by atoms with Gasteiger partial charge in [-0.05, 0) is 13.8 Å². The molecular weight excluding hydrogens is 396 g/mol. The lowest BCUT2D eigenvalue weighted by Gasteiger charge is -2.27. The Kier molecular flexibility index (Phi) is 5.51. The first-order chi connectivity index (χ1) is 13.5. The molecule has 0 spiro atoms. The van der Waals surface area contributed by atoms with Crippen LogP contribution < -0.4 is 0 Å². The molecule has 0 radical (unpaired) electrons. The standard InChI is InChI=1S/C16H18N2O11/c1-16(2)28-13-12(11(10(20)6-19)27-15(13)29-16)26-14(21)7-3-8(17(22)23)5-9(4-7)18(24)25/h3-5,10-13,15,19-20H,6H2,1-2H3/t10-,11+,12-,13-,15+/m0/s1. The number of benzene rings is 1. The monoisotopic (exact) mass is 414 g/mol. The summed E-state index contributed by atoms with van der Waals surface area (Å²) < 4.78 is 22.0. The number of aliphatic hydroxyl groups is 2. The van der Waals surface area contributed by atoms with Crippen LogP contribution in [0.1, 0.15) is 24.2 Å². The SMILES string of the molecule is CC1(C)O[C@H]2O[C@H]([C@@H](O)CO)[C@H](OC(=O)c3cc([N+](=O)[O-])cc([N+](=O)[O-])c3)[C@@H]2O1. The average Bonchev–Trinajstić information content (AvgIpc) is 3.13. The Hall–Kier alpha value is -2.71. The number of nitro groups is 2. The highest BCUT2D eigenvalue weighted by Crippen LogP contribution is 2.40. The third-order valence-electron chi connectivity index (χ3n) is 4.40. The fraction of sp³-hybridized carbons (Fsp3) is 0.562. The van der Waals surface area contributed by atoms with Gasteiger partial charge in [-0.2, -0.15) is 0 Å². The summed E-state index contributed by atoms with van der Waals surface area (Å²) in [5.41, 5.74) is -1.77. The van der Waals surface area contributed by atoms with Crippen LogP contribution in [0.5, 0.6) is 0 Å². The van der Waals surface area contributed by atoms with Crippen molar-refractivity contribution in [3.63, 3.8) is 0 Å². The van der Waals surface area contributed by atoms with Crippen LogP contribution in [0.2, 0.25) is 0 Å². The number of rotatable bonds is 6. The maximum absolute atomic E-state index is 12.6. The quantitative estimate of drug-likeness (QED) is 0.370. The van der Waals surface area contributed by atoms with E-state index in [9.17, 15) is 35.2 Å². The summed E-state index contributed by atoms with van der Waals surface area (Å²) in [5.74, 6) is -2.20. The Bertz CT molecular complexity index is 810. The number of nitrogens with zero attached hydrogens (tertiary/aromatic N) is 2. The first-order valence-electron chi connectivity index (χ1n) is 8.47. The number of hydrogen-bond acceptors (Lipinski definition) is 11. The van der Waals surface area contributed by atoms with Gasteiger partial charge in [-0.15, -0.1) is 0 Å². The Labute approximate surface area is 163 Å². The molecule has 29 heavy (non-hydrogen) atoms. The van der Waals surface area contributed by atoms with Crippen LogP contribution in [-0.2, 0) is 18.9 Å². The molecule has 158 valence electrons. The van der Waals surface area contributed by atoms with Crippen LogP contribution in [0.25, 0.3) is 0 Å². The molecule has 13 heteroatoms. The van der Waals surface area contributed by atoms with E-state index in [0.717, 1.165) is 12.1 Å². The zero-order valence-electron chi connectivity index (χ0n) is 15.3. The first kappa shape index (κ1) is 21.0. The van der Waals surface area contributed by atoms with Crippen molar-refractivity contribution in [1.82, 2.24) is 0 Å². The van der Waals surface area contributed by atoms with Crippen LogP contribution in [0, 0.1) is 20.2 Å². The lowest BCUT2D eigenvalue weighted by molar-refractivity contribution is -0.394. The summed E-state index contributed by atoms with van der Waals surface area (Å²) in [5, 5.41) is 41.2. The van der Waals surface area contributed by atoms with Crippen molar-refractivity contribution in [2.24, 2.45) is 0 Å². The fourth-order valence-electron chi connectivity index (χ4n) is 3.17. The molecule has 0 aromatic heterocycles. The number of nitro benzene ring substituents is 2. The van der Waals surface area contributed by atoms with Gasteiger partial charge in [0.15, 0.2) is 24.3 Å². The molecule has 1 aromatic rings. The zero-order chi connectivity index (χ0) is 21.5. The van der Waals surface area contributed by atoms with Gasteiger partial charge < -0.3 is 29.2 Å². The number of carbonyl (C=O) groups excluding carboxylic acids is 1. The number of hydrogen-bond donors (Lipinski definition) is 2. The van der Waals surface area contributed by atoms with E-state index in [1.807, 2.05) is 0 Å². The highest BCUT2D eigenvalue weighted by Gasteiger charge is 2.58. The summed E-state index contributed by atoms with van der Waals surface area (Å²) in [7, 11) is 0. The van der Waals surface area contributed by atoms with Gasteiger partial charge in [0, 0.05) is 12.1 Å². The molecule has 2 saturated heterocycles. The Balaban J connectivity index is 1.89. The first-order valence-corrected chi connectivity index (χ1v) is 8.47. The van der Waals surface area contributed by atoms with Gasteiger partial charge in [-0.3, -0.25) is 20.2 Å². The summed E-state index contributed by atoms with van der Waals surface area (Å²) in [6.07, 6.45) is -5.83. The lowest BCUT2D eigenvalue weighted by Crippen LogP contribution is -2.45. The van der Waals surface area contributed by atoms with Gasteiger partial charge >= 0.3 is 5.97 Å². The summed E-state index contributed by atoms with van der Waals surface area (Å²) in [4.78, 5) is 32.8. The molecule has 0 aliphatic carbocycles.